The van der Waals surface area contributed by atoms with E-state index >= 15 is 0 Å². The first-order valence-corrected chi connectivity index (χ1v) is 12.0. The van der Waals surface area contributed by atoms with Gasteiger partial charge in [-0.3, -0.25) is 14.6 Å². The number of fused-ring (bicyclic) bond motifs is 1. The van der Waals surface area contributed by atoms with Gasteiger partial charge < -0.3 is 9.72 Å². The molecule has 0 spiro atoms. The summed E-state index contributed by atoms with van der Waals surface area (Å²) in [6.45, 7) is 6.17. The third kappa shape index (κ3) is 5.34. The highest BCUT2D eigenvalue weighted by molar-refractivity contribution is 5.83. The summed E-state index contributed by atoms with van der Waals surface area (Å²) in [4.78, 5) is 39.3. The van der Waals surface area contributed by atoms with Crippen molar-refractivity contribution in [2.45, 2.75) is 39.0 Å². The molecule has 0 bridgehead atoms. The second kappa shape index (κ2) is 9.97. The number of nitrogens with one attached hydrogen (secondary N) is 1. The lowest BCUT2D eigenvalue weighted by molar-refractivity contribution is -0.117. The number of H-pyrrole nitrogens is 1. The first-order valence-electron chi connectivity index (χ1n) is 12.0. The Kier molecular flexibility index (Phi) is 6.54. The Morgan fingerprint density at radius 3 is 2.55 bits per heavy atom. The fraction of sp³-hybridized carbons (Fsp3) is 0.214. The van der Waals surface area contributed by atoms with E-state index in [4.69, 9.17) is 9.84 Å². The van der Waals surface area contributed by atoms with Gasteiger partial charge in [0.1, 0.15) is 22.9 Å². The number of carbonyl (C=O) groups excluding carboxylic acids is 1. The van der Waals surface area contributed by atoms with Gasteiger partial charge in [-0.15, -0.1) is 0 Å². The third-order valence-electron chi connectivity index (χ3n) is 5.92. The van der Waals surface area contributed by atoms with Crippen LogP contribution < -0.4 is 10.3 Å². The lowest BCUT2D eigenvalue weighted by Gasteiger charge is -2.14. The zero-order chi connectivity index (χ0) is 26.9. The largest absolute Gasteiger partial charge is 0.455 e. The zero-order valence-corrected chi connectivity index (χ0v) is 21.1. The molecule has 10 heteroatoms. The second-order valence-corrected chi connectivity index (χ2v) is 9.89. The van der Waals surface area contributed by atoms with E-state index in [0.717, 1.165) is 23.3 Å². The van der Waals surface area contributed by atoms with Crippen LogP contribution in [0.25, 0.3) is 16.9 Å². The number of carbonyl (C=O) groups is 1. The first kappa shape index (κ1) is 24.9. The Bertz CT molecular complexity index is 1690. The van der Waals surface area contributed by atoms with Crippen LogP contribution in [-0.4, -0.2) is 35.5 Å². The summed E-state index contributed by atoms with van der Waals surface area (Å²) in [6, 6.07) is 11.5. The van der Waals surface area contributed by atoms with Gasteiger partial charge >= 0.3 is 0 Å². The lowest BCUT2D eigenvalue weighted by atomic mass is 9.92. The van der Waals surface area contributed by atoms with Crippen LogP contribution in [0.15, 0.2) is 72.0 Å². The zero-order valence-electron chi connectivity index (χ0n) is 21.1. The van der Waals surface area contributed by atoms with Crippen LogP contribution in [0.5, 0.6) is 11.5 Å². The van der Waals surface area contributed by atoms with E-state index in [0.29, 0.717) is 11.3 Å². The molecule has 192 valence electrons. The second-order valence-electron chi connectivity index (χ2n) is 9.89. The molecule has 0 aliphatic rings. The highest BCUT2D eigenvalue weighted by Gasteiger charge is 2.22. The van der Waals surface area contributed by atoms with Crippen molar-refractivity contribution < 1.29 is 13.9 Å². The molecule has 5 aromatic rings. The molecule has 0 unspecified atom stereocenters. The van der Waals surface area contributed by atoms with Crippen LogP contribution in [0.3, 0.4) is 0 Å². The summed E-state index contributed by atoms with van der Waals surface area (Å²) in [6.07, 6.45) is 5.93. The van der Waals surface area contributed by atoms with Crippen molar-refractivity contribution in [3.05, 3.63) is 100 Å². The Morgan fingerprint density at radius 1 is 1.03 bits per heavy atom. The Hall–Kier alpha value is -4.73. The minimum absolute atomic E-state index is 0.0839. The number of ketones is 1. The molecule has 5 rings (SSSR count). The lowest BCUT2D eigenvalue weighted by Crippen LogP contribution is -2.13. The maximum Gasteiger partial charge on any atom is 0.268 e. The highest BCUT2D eigenvalue weighted by atomic mass is 19.1. The van der Waals surface area contributed by atoms with Crippen molar-refractivity contribution >= 4 is 16.9 Å². The standard InChI is InChI=1S/C28H25FN6O3/c1-28(2,3)24-14-19(35(34-24)18-6-9-30-10-7-18)13-20(36)12-17-4-5-21(15-22(17)29)38-23-8-11-31-27-26(23)32-16-25(37)33-27/h4-11,14-16H,12-13H2,1-3H3,(H,31,33,37). The van der Waals surface area contributed by atoms with Gasteiger partial charge in [0.15, 0.2) is 11.4 Å². The SMILES string of the molecule is CC(C)(C)c1cc(CC(=O)Cc2ccc(Oc3ccnc4[nH]c(=O)cnc34)cc2F)n(-c2ccncc2)n1. The molecule has 1 aromatic carbocycles. The summed E-state index contributed by atoms with van der Waals surface area (Å²) in [5, 5.41) is 4.72. The maximum absolute atomic E-state index is 15.0. The summed E-state index contributed by atoms with van der Waals surface area (Å²) in [5.41, 5.74) is 2.64. The van der Waals surface area contributed by atoms with Crippen LogP contribution in [0.2, 0.25) is 0 Å². The van der Waals surface area contributed by atoms with Crippen molar-refractivity contribution in [2.75, 3.05) is 0 Å². The minimum atomic E-state index is -0.561. The van der Waals surface area contributed by atoms with Crippen LogP contribution in [0, 0.1) is 5.82 Å². The molecule has 0 atom stereocenters. The van der Waals surface area contributed by atoms with Gasteiger partial charge in [0.05, 0.1) is 23.3 Å². The van der Waals surface area contributed by atoms with Crippen molar-refractivity contribution in [1.29, 1.82) is 0 Å². The Labute approximate surface area is 217 Å². The van der Waals surface area contributed by atoms with Gasteiger partial charge in [-0.1, -0.05) is 26.8 Å². The molecule has 0 amide bonds. The van der Waals surface area contributed by atoms with Gasteiger partial charge in [-0.25, -0.2) is 19.0 Å². The van der Waals surface area contributed by atoms with Crippen molar-refractivity contribution in [2.24, 2.45) is 0 Å². The van der Waals surface area contributed by atoms with Crippen molar-refractivity contribution in [3.63, 3.8) is 0 Å². The predicted molar refractivity (Wildman–Crippen MR) is 139 cm³/mol. The molecule has 0 aliphatic heterocycles. The molecular formula is C28H25FN6O3. The molecule has 9 nitrogen and oxygen atoms in total. The van der Waals surface area contributed by atoms with Crippen LogP contribution in [0.1, 0.15) is 37.7 Å². The molecular weight excluding hydrogens is 487 g/mol. The van der Waals surface area contributed by atoms with E-state index < -0.39 is 5.82 Å². The monoisotopic (exact) mass is 512 g/mol. The molecule has 1 N–H and O–H groups in total. The normalized spacial score (nSPS) is 11.6. The van der Waals surface area contributed by atoms with Crippen molar-refractivity contribution in [3.8, 4) is 17.2 Å². The fourth-order valence-electron chi connectivity index (χ4n) is 3.97. The minimum Gasteiger partial charge on any atom is -0.455 e. The number of nitrogens with zero attached hydrogens (tertiary/aromatic N) is 5. The number of pyridine rings is 2. The summed E-state index contributed by atoms with van der Waals surface area (Å²) in [7, 11) is 0. The summed E-state index contributed by atoms with van der Waals surface area (Å²) < 4.78 is 22.5. The van der Waals surface area contributed by atoms with Gasteiger partial charge in [0.25, 0.3) is 5.56 Å². The number of aromatic nitrogens is 6. The molecule has 0 fully saturated rings. The highest BCUT2D eigenvalue weighted by Crippen LogP contribution is 2.28. The molecule has 0 saturated carbocycles. The number of Topliss-reactive ketones (excluding diaryl/α,β-unsaturated/α-hetero) is 1. The number of benzene rings is 1. The summed E-state index contributed by atoms with van der Waals surface area (Å²) in [5.74, 6) is -0.173. The number of ether oxygens (including phenoxy) is 1. The average Bonchev–Trinajstić information content (AvgIpc) is 3.30. The molecule has 4 aromatic heterocycles. The third-order valence-corrected chi connectivity index (χ3v) is 5.92. The van der Waals surface area contributed by atoms with Gasteiger partial charge in [-0.05, 0) is 29.8 Å². The molecule has 4 heterocycles. The quantitative estimate of drug-likeness (QED) is 0.342. The summed E-state index contributed by atoms with van der Waals surface area (Å²) >= 11 is 0. The molecule has 0 saturated heterocycles. The van der Waals surface area contributed by atoms with Crippen LogP contribution in [-0.2, 0) is 23.1 Å². The number of rotatable bonds is 7. The van der Waals surface area contributed by atoms with E-state index in [-0.39, 0.29) is 46.6 Å². The van der Waals surface area contributed by atoms with E-state index in [2.05, 4.69) is 40.7 Å². The first-order chi connectivity index (χ1) is 18.2. The van der Waals surface area contributed by atoms with E-state index in [1.807, 2.05) is 18.2 Å². The van der Waals surface area contributed by atoms with E-state index in [1.54, 1.807) is 29.2 Å². The molecule has 0 radical (unpaired) electrons. The van der Waals surface area contributed by atoms with E-state index in [9.17, 15) is 14.0 Å². The number of halogens is 1. The predicted octanol–water partition coefficient (Wildman–Crippen LogP) is 4.48. The van der Waals surface area contributed by atoms with Gasteiger partial charge in [0.2, 0.25) is 0 Å². The van der Waals surface area contributed by atoms with Gasteiger partial charge in [0, 0.05) is 49.0 Å². The van der Waals surface area contributed by atoms with Gasteiger partial charge in [-0.2, -0.15) is 5.10 Å². The maximum atomic E-state index is 15.0. The number of hydrogen-bond donors (Lipinski definition) is 1. The average molecular weight is 513 g/mol. The van der Waals surface area contributed by atoms with E-state index in [1.165, 1.54) is 18.3 Å². The number of aromatic amines is 1. The number of hydrogen-bond acceptors (Lipinski definition) is 7. The smallest absolute Gasteiger partial charge is 0.268 e. The Balaban J connectivity index is 1.34. The van der Waals surface area contributed by atoms with Crippen LogP contribution >= 0.6 is 0 Å². The fourth-order valence-corrected chi connectivity index (χ4v) is 3.97. The molecule has 38 heavy (non-hydrogen) atoms. The Morgan fingerprint density at radius 2 is 1.82 bits per heavy atom. The van der Waals surface area contributed by atoms with Crippen LogP contribution in [0.4, 0.5) is 4.39 Å². The van der Waals surface area contributed by atoms with Crippen molar-refractivity contribution in [1.82, 2.24) is 29.7 Å². The topological polar surface area (TPSA) is 116 Å². The molecule has 0 aliphatic carbocycles.